The van der Waals surface area contributed by atoms with Crippen molar-refractivity contribution in [2.45, 2.75) is 20.8 Å². The number of rotatable bonds is 4. The molecule has 0 aliphatic carbocycles. The minimum Gasteiger partial charge on any atom is -0.497 e. The molecule has 0 fully saturated rings. The molecule has 1 unspecified atom stereocenters. The van der Waals surface area contributed by atoms with Gasteiger partial charge in [-0.25, -0.2) is 0 Å². The van der Waals surface area contributed by atoms with Crippen LogP contribution in [-0.2, 0) is 0 Å². The van der Waals surface area contributed by atoms with E-state index in [0.29, 0.717) is 11.8 Å². The highest BCUT2D eigenvalue weighted by molar-refractivity contribution is 5.50. The number of hydrogen-bond acceptors (Lipinski definition) is 1. The number of methoxy groups -OCH3 is 1. The Balaban J connectivity index is 2.64. The average Bonchev–Trinajstić information content (AvgIpc) is 2.26. The van der Waals surface area contributed by atoms with E-state index in [9.17, 15) is 0 Å². The van der Waals surface area contributed by atoms with Crippen LogP contribution in [0.2, 0.25) is 0 Å². The summed E-state index contributed by atoms with van der Waals surface area (Å²) in [7, 11) is 1.69. The average molecular weight is 204 g/mol. The lowest BCUT2D eigenvalue weighted by atomic mass is 9.97. The van der Waals surface area contributed by atoms with E-state index >= 15 is 0 Å². The van der Waals surface area contributed by atoms with Crippen molar-refractivity contribution >= 4 is 6.08 Å². The van der Waals surface area contributed by atoms with Gasteiger partial charge in [0.15, 0.2) is 0 Å². The summed E-state index contributed by atoms with van der Waals surface area (Å²) in [5.74, 6) is 2.22. The maximum absolute atomic E-state index is 5.11. The van der Waals surface area contributed by atoms with Crippen LogP contribution in [0.3, 0.4) is 0 Å². The summed E-state index contributed by atoms with van der Waals surface area (Å²) in [5, 5.41) is 0. The minimum atomic E-state index is 0.618. The lowest BCUT2D eigenvalue weighted by Crippen LogP contribution is -1.98. The van der Waals surface area contributed by atoms with Crippen LogP contribution >= 0.6 is 0 Å². The van der Waals surface area contributed by atoms with Crippen LogP contribution in [0.1, 0.15) is 26.3 Å². The van der Waals surface area contributed by atoms with E-state index in [0.717, 1.165) is 5.75 Å². The molecule has 0 saturated heterocycles. The zero-order valence-corrected chi connectivity index (χ0v) is 10.0. The van der Waals surface area contributed by atoms with Gasteiger partial charge in [0, 0.05) is 0 Å². The van der Waals surface area contributed by atoms with Crippen molar-refractivity contribution in [2.75, 3.05) is 7.11 Å². The van der Waals surface area contributed by atoms with E-state index in [2.05, 4.69) is 45.1 Å². The van der Waals surface area contributed by atoms with E-state index < -0.39 is 0 Å². The molecule has 0 N–H and O–H groups in total. The molecule has 1 aromatic carbocycles. The van der Waals surface area contributed by atoms with Crippen LogP contribution in [0, 0.1) is 11.8 Å². The van der Waals surface area contributed by atoms with Crippen molar-refractivity contribution in [1.29, 1.82) is 0 Å². The molecular formula is C14H20O. The first-order valence-electron chi connectivity index (χ1n) is 5.45. The van der Waals surface area contributed by atoms with Crippen molar-refractivity contribution < 1.29 is 4.74 Å². The van der Waals surface area contributed by atoms with Gasteiger partial charge in [0.25, 0.3) is 0 Å². The van der Waals surface area contributed by atoms with Crippen molar-refractivity contribution in [1.82, 2.24) is 0 Å². The highest BCUT2D eigenvalue weighted by atomic mass is 16.5. The number of allylic oxidation sites excluding steroid dienone is 1. The van der Waals surface area contributed by atoms with E-state index in [1.54, 1.807) is 7.11 Å². The number of ether oxygens (including phenoxy) is 1. The van der Waals surface area contributed by atoms with Gasteiger partial charge in [-0.1, -0.05) is 45.1 Å². The summed E-state index contributed by atoms with van der Waals surface area (Å²) in [6, 6.07) is 8.12. The van der Waals surface area contributed by atoms with E-state index in [1.807, 2.05) is 12.1 Å². The molecule has 15 heavy (non-hydrogen) atoms. The molecule has 1 nitrogen and oxygen atoms in total. The van der Waals surface area contributed by atoms with Gasteiger partial charge in [0.05, 0.1) is 7.11 Å². The molecule has 0 spiro atoms. The predicted octanol–water partition coefficient (Wildman–Crippen LogP) is 4.00. The molecule has 0 saturated carbocycles. The second kappa shape index (κ2) is 5.59. The lowest BCUT2D eigenvalue weighted by Gasteiger charge is -2.09. The van der Waals surface area contributed by atoms with Gasteiger partial charge >= 0.3 is 0 Å². The Morgan fingerprint density at radius 3 is 2.13 bits per heavy atom. The number of hydrogen-bond donors (Lipinski definition) is 0. The predicted molar refractivity (Wildman–Crippen MR) is 66.0 cm³/mol. The number of benzene rings is 1. The molecule has 0 bridgehead atoms. The fourth-order valence-corrected chi connectivity index (χ4v) is 1.20. The smallest absolute Gasteiger partial charge is 0.118 e. The zero-order chi connectivity index (χ0) is 11.3. The van der Waals surface area contributed by atoms with E-state index in [1.165, 1.54) is 5.56 Å². The van der Waals surface area contributed by atoms with Gasteiger partial charge in [0.1, 0.15) is 5.75 Å². The summed E-state index contributed by atoms with van der Waals surface area (Å²) < 4.78 is 5.11. The lowest BCUT2D eigenvalue weighted by molar-refractivity contribution is 0.415. The molecular weight excluding hydrogens is 184 g/mol. The highest BCUT2D eigenvalue weighted by Gasteiger charge is 2.01. The summed E-state index contributed by atoms with van der Waals surface area (Å²) in [5.41, 5.74) is 1.23. The Hall–Kier alpha value is -1.24. The Morgan fingerprint density at radius 2 is 1.67 bits per heavy atom. The van der Waals surface area contributed by atoms with Crippen LogP contribution in [0.5, 0.6) is 5.75 Å². The van der Waals surface area contributed by atoms with Crippen LogP contribution in [-0.4, -0.2) is 7.11 Å². The summed E-state index contributed by atoms with van der Waals surface area (Å²) in [4.78, 5) is 0. The third-order valence-electron chi connectivity index (χ3n) is 2.76. The molecule has 0 aliphatic rings. The van der Waals surface area contributed by atoms with Crippen molar-refractivity contribution in [2.24, 2.45) is 11.8 Å². The van der Waals surface area contributed by atoms with Crippen LogP contribution in [0.4, 0.5) is 0 Å². The molecule has 0 radical (unpaired) electrons. The van der Waals surface area contributed by atoms with Gasteiger partial charge in [-0.3, -0.25) is 0 Å². The molecule has 1 rings (SSSR count). The fraction of sp³-hybridized carbons (Fsp3) is 0.429. The zero-order valence-electron chi connectivity index (χ0n) is 10.0. The molecule has 0 amide bonds. The first kappa shape index (κ1) is 11.8. The maximum atomic E-state index is 5.11. The highest BCUT2D eigenvalue weighted by Crippen LogP contribution is 2.15. The second-order valence-corrected chi connectivity index (χ2v) is 4.24. The van der Waals surface area contributed by atoms with Crippen molar-refractivity contribution in [3.05, 3.63) is 35.9 Å². The molecule has 1 atom stereocenters. The summed E-state index contributed by atoms with van der Waals surface area (Å²) >= 11 is 0. The molecule has 0 aliphatic heterocycles. The Morgan fingerprint density at radius 1 is 1.07 bits per heavy atom. The van der Waals surface area contributed by atoms with Gasteiger partial charge in [-0.05, 0) is 29.5 Å². The normalized spacial score (nSPS) is 13.4. The molecule has 0 heterocycles. The van der Waals surface area contributed by atoms with Gasteiger partial charge in [-0.2, -0.15) is 0 Å². The van der Waals surface area contributed by atoms with Crippen LogP contribution in [0.25, 0.3) is 6.08 Å². The minimum absolute atomic E-state index is 0.618. The first-order valence-corrected chi connectivity index (χ1v) is 5.45. The molecule has 82 valence electrons. The quantitative estimate of drug-likeness (QED) is 0.720. The van der Waals surface area contributed by atoms with Gasteiger partial charge in [0.2, 0.25) is 0 Å². The maximum Gasteiger partial charge on any atom is 0.118 e. The van der Waals surface area contributed by atoms with Crippen molar-refractivity contribution in [3.63, 3.8) is 0 Å². The summed E-state index contributed by atoms with van der Waals surface area (Å²) in [6.45, 7) is 6.72. The fourth-order valence-electron chi connectivity index (χ4n) is 1.20. The second-order valence-electron chi connectivity index (χ2n) is 4.24. The third-order valence-corrected chi connectivity index (χ3v) is 2.76. The topological polar surface area (TPSA) is 9.23 Å². The van der Waals surface area contributed by atoms with E-state index in [4.69, 9.17) is 4.74 Å². The third kappa shape index (κ3) is 3.78. The standard InChI is InChI=1S/C14H20O/c1-11(2)12(3)5-6-13-7-9-14(15-4)10-8-13/h5-12H,1-4H3/b6-5+. The Bertz CT molecular complexity index is 309. The van der Waals surface area contributed by atoms with Crippen LogP contribution < -0.4 is 4.74 Å². The van der Waals surface area contributed by atoms with Gasteiger partial charge in [-0.15, -0.1) is 0 Å². The molecule has 0 aromatic heterocycles. The van der Waals surface area contributed by atoms with Crippen molar-refractivity contribution in [3.8, 4) is 5.75 Å². The summed E-state index contributed by atoms with van der Waals surface area (Å²) in [6.07, 6.45) is 4.43. The molecule has 1 heteroatoms. The SMILES string of the molecule is COc1ccc(/C=C/C(C)C(C)C)cc1. The first-order chi connectivity index (χ1) is 7.13. The van der Waals surface area contributed by atoms with Gasteiger partial charge < -0.3 is 4.74 Å². The Kier molecular flexibility index (Phi) is 4.41. The molecule has 1 aromatic rings. The largest absolute Gasteiger partial charge is 0.497 e. The Labute approximate surface area is 92.8 Å². The van der Waals surface area contributed by atoms with Crippen LogP contribution in [0.15, 0.2) is 30.3 Å². The monoisotopic (exact) mass is 204 g/mol. The van der Waals surface area contributed by atoms with E-state index in [-0.39, 0.29) is 0 Å².